The quantitative estimate of drug-likeness (QED) is 0.681. The van der Waals surface area contributed by atoms with Crippen LogP contribution < -0.4 is 5.32 Å². The molecule has 14 heavy (non-hydrogen) atoms. The van der Waals surface area contributed by atoms with Gasteiger partial charge in [-0.15, -0.1) is 0 Å². The van der Waals surface area contributed by atoms with Gasteiger partial charge in [0.1, 0.15) is 0 Å². The van der Waals surface area contributed by atoms with Crippen LogP contribution in [0.2, 0.25) is 0 Å². The Morgan fingerprint density at radius 1 is 1.57 bits per heavy atom. The molecule has 2 unspecified atom stereocenters. The van der Waals surface area contributed by atoms with Crippen LogP contribution >= 0.6 is 0 Å². The fraction of sp³-hybridized carbons (Fsp3) is 0.909. The summed E-state index contributed by atoms with van der Waals surface area (Å²) in [5.74, 6) is 0.113. The smallest absolute Gasteiger partial charge is 0.0666 e. The van der Waals surface area contributed by atoms with E-state index < -0.39 is 0 Å². The normalized spacial score (nSPS) is 24.1. The third-order valence-electron chi connectivity index (χ3n) is 2.59. The molecule has 0 aliphatic carbocycles. The van der Waals surface area contributed by atoms with Gasteiger partial charge < -0.3 is 10.1 Å². The highest BCUT2D eigenvalue weighted by atomic mass is 16.5. The minimum atomic E-state index is 0.113. The second kappa shape index (κ2) is 6.80. The molecule has 0 amide bonds. The van der Waals surface area contributed by atoms with Crippen molar-refractivity contribution in [3.63, 3.8) is 0 Å². The van der Waals surface area contributed by atoms with Gasteiger partial charge in [0.2, 0.25) is 0 Å². The summed E-state index contributed by atoms with van der Waals surface area (Å²) in [4.78, 5) is 0. The molecule has 1 heterocycles. The standard InChI is InChI=1S/C11H20N2O/c1-10(8-12)9-13-6-5-11-4-2-3-7-14-11/h10-11,13H,2-7,9H2,1H3. The van der Waals surface area contributed by atoms with Crippen LogP contribution in [0.3, 0.4) is 0 Å². The van der Waals surface area contributed by atoms with Crippen molar-refractivity contribution in [1.29, 1.82) is 5.26 Å². The van der Waals surface area contributed by atoms with Gasteiger partial charge in [0, 0.05) is 13.2 Å². The number of hydrogen-bond acceptors (Lipinski definition) is 3. The average Bonchev–Trinajstić information content (AvgIpc) is 2.25. The number of nitrogens with zero attached hydrogens (tertiary/aromatic N) is 1. The van der Waals surface area contributed by atoms with E-state index in [0.29, 0.717) is 6.10 Å². The van der Waals surface area contributed by atoms with Gasteiger partial charge >= 0.3 is 0 Å². The van der Waals surface area contributed by atoms with Gasteiger partial charge in [-0.05, 0) is 39.2 Å². The molecule has 1 saturated heterocycles. The summed E-state index contributed by atoms with van der Waals surface area (Å²) in [6.07, 6.45) is 5.26. The molecule has 2 atom stereocenters. The lowest BCUT2D eigenvalue weighted by atomic mass is 10.1. The predicted molar refractivity (Wildman–Crippen MR) is 55.9 cm³/mol. The van der Waals surface area contributed by atoms with Crippen molar-refractivity contribution in [3.8, 4) is 6.07 Å². The molecule has 1 rings (SSSR count). The zero-order valence-electron chi connectivity index (χ0n) is 8.96. The van der Waals surface area contributed by atoms with Crippen molar-refractivity contribution in [2.45, 2.75) is 38.7 Å². The number of nitriles is 1. The molecule has 0 saturated carbocycles. The topological polar surface area (TPSA) is 45.0 Å². The summed E-state index contributed by atoms with van der Waals surface area (Å²) in [6, 6.07) is 2.21. The summed E-state index contributed by atoms with van der Waals surface area (Å²) in [7, 11) is 0. The summed E-state index contributed by atoms with van der Waals surface area (Å²) in [5.41, 5.74) is 0. The molecule has 0 aromatic rings. The van der Waals surface area contributed by atoms with Crippen molar-refractivity contribution < 1.29 is 4.74 Å². The third kappa shape index (κ3) is 4.59. The second-order valence-corrected chi connectivity index (χ2v) is 4.01. The molecule has 80 valence electrons. The van der Waals surface area contributed by atoms with E-state index in [0.717, 1.165) is 26.1 Å². The molecule has 0 bridgehead atoms. The van der Waals surface area contributed by atoms with E-state index in [1.807, 2.05) is 6.92 Å². The highest BCUT2D eigenvalue weighted by Crippen LogP contribution is 2.14. The fourth-order valence-corrected chi connectivity index (χ4v) is 1.66. The van der Waals surface area contributed by atoms with Gasteiger partial charge in [0.05, 0.1) is 18.1 Å². The Balaban J connectivity index is 1.95. The molecular weight excluding hydrogens is 176 g/mol. The molecule has 3 heteroatoms. The molecule has 0 aromatic carbocycles. The SMILES string of the molecule is CC(C#N)CNCCC1CCCCO1. The first-order chi connectivity index (χ1) is 6.83. The molecule has 0 radical (unpaired) electrons. The maximum Gasteiger partial charge on any atom is 0.0666 e. The predicted octanol–water partition coefficient (Wildman–Crippen LogP) is 1.69. The maximum atomic E-state index is 8.57. The first-order valence-corrected chi connectivity index (χ1v) is 5.55. The summed E-state index contributed by atoms with van der Waals surface area (Å²) < 4.78 is 5.61. The average molecular weight is 196 g/mol. The van der Waals surface area contributed by atoms with Crippen LogP contribution in [0.25, 0.3) is 0 Å². The minimum absolute atomic E-state index is 0.113. The van der Waals surface area contributed by atoms with Crippen LogP contribution in [0.4, 0.5) is 0 Å². The van der Waals surface area contributed by atoms with Crippen molar-refractivity contribution >= 4 is 0 Å². The summed E-state index contributed by atoms with van der Waals surface area (Å²) >= 11 is 0. The Labute approximate surface area is 86.4 Å². The first kappa shape index (κ1) is 11.5. The molecule has 1 aliphatic rings. The number of rotatable bonds is 5. The third-order valence-corrected chi connectivity index (χ3v) is 2.59. The largest absolute Gasteiger partial charge is 0.378 e. The van der Waals surface area contributed by atoms with Crippen LogP contribution in [0, 0.1) is 17.2 Å². The lowest BCUT2D eigenvalue weighted by Gasteiger charge is -2.22. The van der Waals surface area contributed by atoms with E-state index in [1.54, 1.807) is 0 Å². The van der Waals surface area contributed by atoms with Crippen LogP contribution in [0.15, 0.2) is 0 Å². The first-order valence-electron chi connectivity index (χ1n) is 5.55. The number of ether oxygens (including phenoxy) is 1. The van der Waals surface area contributed by atoms with Crippen LogP contribution in [-0.4, -0.2) is 25.8 Å². The highest BCUT2D eigenvalue weighted by Gasteiger charge is 2.12. The molecule has 0 spiro atoms. The fourth-order valence-electron chi connectivity index (χ4n) is 1.66. The van der Waals surface area contributed by atoms with Crippen molar-refractivity contribution in [3.05, 3.63) is 0 Å². The number of hydrogen-bond donors (Lipinski definition) is 1. The minimum Gasteiger partial charge on any atom is -0.378 e. The van der Waals surface area contributed by atoms with Crippen molar-refractivity contribution in [2.75, 3.05) is 19.7 Å². The van der Waals surface area contributed by atoms with E-state index in [-0.39, 0.29) is 5.92 Å². The van der Waals surface area contributed by atoms with Gasteiger partial charge in [0.25, 0.3) is 0 Å². The Morgan fingerprint density at radius 2 is 2.43 bits per heavy atom. The lowest BCUT2D eigenvalue weighted by molar-refractivity contribution is 0.0115. The molecule has 1 aliphatic heterocycles. The Kier molecular flexibility index (Phi) is 5.58. The number of nitrogens with one attached hydrogen (secondary N) is 1. The highest BCUT2D eigenvalue weighted by molar-refractivity contribution is 4.80. The van der Waals surface area contributed by atoms with E-state index in [4.69, 9.17) is 10.00 Å². The van der Waals surface area contributed by atoms with Gasteiger partial charge in [-0.2, -0.15) is 5.26 Å². The second-order valence-electron chi connectivity index (χ2n) is 4.01. The Bertz CT molecular complexity index is 182. The zero-order valence-corrected chi connectivity index (χ0v) is 8.96. The molecule has 3 nitrogen and oxygen atoms in total. The van der Waals surface area contributed by atoms with Gasteiger partial charge in [-0.25, -0.2) is 0 Å². The zero-order chi connectivity index (χ0) is 10.2. The van der Waals surface area contributed by atoms with E-state index in [9.17, 15) is 0 Å². The molecule has 0 aromatic heterocycles. The molecular formula is C11H20N2O. The Morgan fingerprint density at radius 3 is 3.07 bits per heavy atom. The van der Waals surface area contributed by atoms with Crippen molar-refractivity contribution in [1.82, 2.24) is 5.32 Å². The maximum absolute atomic E-state index is 8.57. The monoisotopic (exact) mass is 196 g/mol. The van der Waals surface area contributed by atoms with Crippen molar-refractivity contribution in [2.24, 2.45) is 5.92 Å². The summed E-state index contributed by atoms with van der Waals surface area (Å²) in [5, 5.41) is 11.8. The van der Waals surface area contributed by atoms with Crippen LogP contribution in [-0.2, 0) is 4.74 Å². The van der Waals surface area contributed by atoms with Crippen LogP contribution in [0.5, 0.6) is 0 Å². The van der Waals surface area contributed by atoms with Gasteiger partial charge in [-0.3, -0.25) is 0 Å². The van der Waals surface area contributed by atoms with Gasteiger partial charge in [-0.1, -0.05) is 0 Å². The Hall–Kier alpha value is -0.590. The summed E-state index contributed by atoms with van der Waals surface area (Å²) in [6.45, 7) is 4.63. The lowest BCUT2D eigenvalue weighted by Crippen LogP contribution is -2.27. The van der Waals surface area contributed by atoms with E-state index in [2.05, 4.69) is 11.4 Å². The van der Waals surface area contributed by atoms with E-state index >= 15 is 0 Å². The molecule has 1 N–H and O–H groups in total. The van der Waals surface area contributed by atoms with Crippen LogP contribution in [0.1, 0.15) is 32.6 Å². The van der Waals surface area contributed by atoms with Gasteiger partial charge in [0.15, 0.2) is 0 Å². The van der Waals surface area contributed by atoms with E-state index in [1.165, 1.54) is 19.3 Å². The molecule has 1 fully saturated rings.